The van der Waals surface area contributed by atoms with Gasteiger partial charge in [0.2, 0.25) is 0 Å². The summed E-state index contributed by atoms with van der Waals surface area (Å²) in [6.07, 6.45) is -0.180. The van der Waals surface area contributed by atoms with E-state index in [0.29, 0.717) is 28.0 Å². The second-order valence-electron chi connectivity index (χ2n) is 8.63. The summed E-state index contributed by atoms with van der Waals surface area (Å²) in [5.74, 6) is -0.138. The number of benzene rings is 2. The van der Waals surface area contributed by atoms with Crippen LogP contribution in [0.2, 0.25) is 0 Å². The monoisotopic (exact) mass is 564 g/mol. The van der Waals surface area contributed by atoms with E-state index in [1.165, 1.54) is 28.1 Å². The maximum absolute atomic E-state index is 13.8. The van der Waals surface area contributed by atoms with Crippen molar-refractivity contribution in [3.63, 3.8) is 0 Å². The molecule has 0 saturated carbocycles. The number of carbonyl (C=O) groups excluding carboxylic acids is 2. The van der Waals surface area contributed by atoms with Crippen LogP contribution in [0, 0.1) is 0 Å². The normalized spacial score (nSPS) is 17.4. The molecule has 0 N–H and O–H groups in total. The molecule has 0 radical (unpaired) electrons. The van der Waals surface area contributed by atoms with Crippen molar-refractivity contribution in [1.29, 1.82) is 0 Å². The standard InChI is InChI=1S/C28H28N4O5S2/c1-5-30-20-15-18(36-4)13-14-21(20)38-28(30)24-26(35)31(6-2)27(39-24)23-19(16-22(33)37-7-3)29-32(25(23)34)17-11-9-8-10-12-17/h8-15H,5-7,16H2,1-4H3. The van der Waals surface area contributed by atoms with Gasteiger partial charge in [-0.1, -0.05) is 30.0 Å². The highest BCUT2D eigenvalue weighted by atomic mass is 32.2. The van der Waals surface area contributed by atoms with Gasteiger partial charge in [-0.05, 0) is 45.0 Å². The van der Waals surface area contributed by atoms with Crippen LogP contribution in [0.5, 0.6) is 5.75 Å². The van der Waals surface area contributed by atoms with Crippen molar-refractivity contribution in [1.82, 2.24) is 4.57 Å². The highest BCUT2D eigenvalue weighted by Crippen LogP contribution is 2.47. The second kappa shape index (κ2) is 11.1. The molecule has 2 aromatic carbocycles. The zero-order valence-electron chi connectivity index (χ0n) is 22.1. The molecule has 3 heterocycles. The molecule has 0 fully saturated rings. The van der Waals surface area contributed by atoms with Crippen molar-refractivity contribution in [3.8, 4) is 5.75 Å². The van der Waals surface area contributed by atoms with Crippen molar-refractivity contribution in [3.05, 3.63) is 68.1 Å². The smallest absolute Gasteiger partial charge is 0.311 e. The van der Waals surface area contributed by atoms with Gasteiger partial charge in [0.25, 0.3) is 11.5 Å². The summed E-state index contributed by atoms with van der Waals surface area (Å²) in [6.45, 7) is 6.83. The molecule has 0 saturated heterocycles. The number of amides is 1. The predicted octanol–water partition coefficient (Wildman–Crippen LogP) is 3.14. The number of esters is 1. The minimum atomic E-state index is -0.485. The number of thioether (sulfide) groups is 1. The lowest BCUT2D eigenvalue weighted by molar-refractivity contribution is -0.141. The number of nitrogens with zero attached hydrogens (tertiary/aromatic N) is 4. The first-order valence-corrected chi connectivity index (χ1v) is 14.3. The lowest BCUT2D eigenvalue weighted by atomic mass is 10.1. The summed E-state index contributed by atoms with van der Waals surface area (Å²) >= 11 is 2.77. The van der Waals surface area contributed by atoms with Gasteiger partial charge in [0, 0.05) is 24.1 Å². The van der Waals surface area contributed by atoms with Crippen LogP contribution in [0.3, 0.4) is 0 Å². The summed E-state index contributed by atoms with van der Waals surface area (Å²) in [6, 6.07) is 14.9. The number of carbonyl (C=O) groups is 2. The lowest BCUT2D eigenvalue weighted by Gasteiger charge is -2.17. The first-order valence-electron chi connectivity index (χ1n) is 12.7. The maximum atomic E-state index is 13.8. The fourth-order valence-electron chi connectivity index (χ4n) is 4.57. The second-order valence-corrected chi connectivity index (χ2v) is 10.7. The topological polar surface area (TPSA) is 93.4 Å². The average molecular weight is 565 g/mol. The van der Waals surface area contributed by atoms with Crippen LogP contribution in [-0.4, -0.2) is 42.4 Å². The predicted molar refractivity (Wildman–Crippen MR) is 155 cm³/mol. The summed E-state index contributed by atoms with van der Waals surface area (Å²) in [5.41, 5.74) is 1.88. The van der Waals surface area contributed by atoms with Gasteiger partial charge in [0.05, 0.1) is 42.8 Å². The molecule has 39 heavy (non-hydrogen) atoms. The molecule has 0 unspecified atom stereocenters. The highest BCUT2D eigenvalue weighted by molar-refractivity contribution is 8.08. The van der Waals surface area contributed by atoms with Gasteiger partial charge < -0.3 is 14.4 Å². The Morgan fingerprint density at radius 2 is 1.79 bits per heavy atom. The number of fused-ring (bicyclic) bond motifs is 1. The molecule has 0 spiro atoms. The van der Waals surface area contributed by atoms with E-state index in [1.54, 1.807) is 30.7 Å². The minimum absolute atomic E-state index is 0.180. The maximum Gasteiger partial charge on any atom is 0.311 e. The third kappa shape index (κ3) is 4.76. The van der Waals surface area contributed by atoms with Crippen molar-refractivity contribution in [2.45, 2.75) is 38.6 Å². The molecule has 1 aromatic heterocycles. The molecular formula is C28H28N4O5S2. The Morgan fingerprint density at radius 3 is 2.46 bits per heavy atom. The molecule has 3 aromatic rings. The third-order valence-electron chi connectivity index (χ3n) is 6.37. The van der Waals surface area contributed by atoms with E-state index in [1.807, 2.05) is 50.2 Å². The molecule has 2 aliphatic rings. The number of aromatic nitrogens is 1. The summed E-state index contributed by atoms with van der Waals surface area (Å²) in [5, 5.41) is 6.62. The van der Waals surface area contributed by atoms with Gasteiger partial charge in [0.1, 0.15) is 20.0 Å². The van der Waals surface area contributed by atoms with E-state index >= 15 is 0 Å². The van der Waals surface area contributed by atoms with E-state index in [-0.39, 0.29) is 35.8 Å². The molecule has 9 nitrogen and oxygen atoms in total. The van der Waals surface area contributed by atoms with Crippen LogP contribution < -0.4 is 29.4 Å². The molecule has 2 aliphatic heterocycles. The van der Waals surface area contributed by atoms with Crippen LogP contribution in [0.4, 0.5) is 11.4 Å². The lowest BCUT2D eigenvalue weighted by Crippen LogP contribution is -2.36. The molecule has 1 amide bonds. The number of hydrazone groups is 1. The molecule has 0 atom stereocenters. The van der Waals surface area contributed by atoms with E-state index in [9.17, 15) is 14.4 Å². The Bertz CT molecular complexity index is 1660. The van der Waals surface area contributed by atoms with Gasteiger partial charge in [-0.2, -0.15) is 10.1 Å². The van der Waals surface area contributed by atoms with E-state index in [0.717, 1.165) is 21.4 Å². The Morgan fingerprint density at radius 1 is 1.03 bits per heavy atom. The number of ether oxygens (including phenoxy) is 2. The number of para-hydroxylation sites is 1. The van der Waals surface area contributed by atoms with Crippen LogP contribution >= 0.6 is 23.1 Å². The molecule has 202 valence electrons. The number of methoxy groups -OCH3 is 1. The third-order valence-corrected chi connectivity index (χ3v) is 8.87. The molecule has 0 aliphatic carbocycles. The Kier molecular flexibility index (Phi) is 7.62. The number of hydrogen-bond donors (Lipinski definition) is 0. The van der Waals surface area contributed by atoms with E-state index in [4.69, 9.17) is 9.47 Å². The number of thiazole rings is 1. The molecular weight excluding hydrogens is 536 g/mol. The van der Waals surface area contributed by atoms with Gasteiger partial charge in [-0.15, -0.1) is 11.3 Å². The van der Waals surface area contributed by atoms with Gasteiger partial charge >= 0.3 is 5.97 Å². The average Bonchev–Trinajstić information content (AvgIpc) is 3.58. The van der Waals surface area contributed by atoms with Crippen LogP contribution in [-0.2, 0) is 20.9 Å². The van der Waals surface area contributed by atoms with Crippen molar-refractivity contribution in [2.75, 3.05) is 30.2 Å². The SMILES string of the molecule is CCOC(=O)CC1=NN(c2ccccc2)C(=O)C1=c1sc(=C2Sc3ccc(OC)cc3N2CC)c(=O)n1CC. The summed E-state index contributed by atoms with van der Waals surface area (Å²) < 4.78 is 13.2. The largest absolute Gasteiger partial charge is 0.497 e. The quantitative estimate of drug-likeness (QED) is 0.407. The molecule has 11 heteroatoms. The first kappa shape index (κ1) is 26.8. The van der Waals surface area contributed by atoms with Crippen molar-refractivity contribution in [2.24, 2.45) is 5.10 Å². The minimum Gasteiger partial charge on any atom is -0.497 e. The van der Waals surface area contributed by atoms with Gasteiger partial charge in [-0.25, -0.2) is 0 Å². The Labute approximate surface area is 233 Å². The van der Waals surface area contributed by atoms with Crippen molar-refractivity contribution >= 4 is 62.7 Å². The van der Waals surface area contributed by atoms with Gasteiger partial charge in [0.15, 0.2) is 0 Å². The summed E-state index contributed by atoms with van der Waals surface area (Å²) in [7, 11) is 1.63. The Hall–Kier alpha value is -3.83. The van der Waals surface area contributed by atoms with Crippen molar-refractivity contribution < 1.29 is 19.1 Å². The number of hydrogen-bond acceptors (Lipinski definition) is 9. The van der Waals surface area contributed by atoms with Crippen LogP contribution in [0.15, 0.2) is 63.3 Å². The zero-order valence-corrected chi connectivity index (χ0v) is 23.7. The number of anilines is 2. The number of rotatable bonds is 7. The first-order chi connectivity index (χ1) is 18.9. The molecule has 0 bridgehead atoms. The highest BCUT2D eigenvalue weighted by Gasteiger charge is 2.35. The van der Waals surface area contributed by atoms with Crippen LogP contribution in [0.1, 0.15) is 27.2 Å². The molecule has 5 rings (SSSR count). The van der Waals surface area contributed by atoms with Crippen LogP contribution in [0.25, 0.3) is 10.6 Å². The summed E-state index contributed by atoms with van der Waals surface area (Å²) in [4.78, 5) is 43.2. The Balaban J connectivity index is 1.73. The van der Waals surface area contributed by atoms with Gasteiger partial charge in [-0.3, -0.25) is 19.0 Å². The van der Waals surface area contributed by atoms with E-state index < -0.39 is 5.97 Å². The fourth-order valence-corrected chi connectivity index (χ4v) is 7.17. The van der Waals surface area contributed by atoms with E-state index in [2.05, 4.69) is 10.0 Å². The zero-order chi connectivity index (χ0) is 27.7. The fraction of sp³-hybridized carbons (Fsp3) is 0.286.